The molecule has 7 nitrogen and oxygen atoms in total. The van der Waals surface area contributed by atoms with Gasteiger partial charge < -0.3 is 10.1 Å². The van der Waals surface area contributed by atoms with E-state index in [1.165, 1.54) is 6.92 Å². The minimum absolute atomic E-state index is 0.0658. The van der Waals surface area contributed by atoms with Crippen LogP contribution in [0.3, 0.4) is 0 Å². The van der Waals surface area contributed by atoms with E-state index in [1.54, 1.807) is 18.2 Å². The predicted octanol–water partition coefficient (Wildman–Crippen LogP) is 2.78. The molecule has 2 bridgehead atoms. The normalized spacial score (nSPS) is 27.9. The summed E-state index contributed by atoms with van der Waals surface area (Å²) in [5, 5.41) is 2.88. The molecular formula is C20H18BrClN2O5. The number of likely N-dealkylation sites (tertiary alicyclic amines) is 1. The number of allylic oxidation sites excluding steroid dienone is 2. The fourth-order valence-electron chi connectivity index (χ4n) is 4.45. The Bertz CT molecular complexity index is 919. The van der Waals surface area contributed by atoms with E-state index in [1.807, 2.05) is 12.2 Å². The van der Waals surface area contributed by atoms with Crippen LogP contribution in [-0.2, 0) is 23.9 Å². The number of benzene rings is 1. The van der Waals surface area contributed by atoms with Gasteiger partial charge in [0.05, 0.1) is 22.5 Å². The van der Waals surface area contributed by atoms with E-state index in [0.29, 0.717) is 10.7 Å². The van der Waals surface area contributed by atoms with Crippen LogP contribution in [0.5, 0.6) is 0 Å². The lowest BCUT2D eigenvalue weighted by Gasteiger charge is -2.23. The Morgan fingerprint density at radius 2 is 1.86 bits per heavy atom. The number of fused-ring (bicyclic) bond motifs is 5. The number of nitrogens with one attached hydrogen (secondary N) is 1. The first kappa shape index (κ1) is 20.1. The lowest BCUT2D eigenvalue weighted by Crippen LogP contribution is -2.45. The summed E-state index contributed by atoms with van der Waals surface area (Å²) in [6.07, 6.45) is 4.79. The second kappa shape index (κ2) is 7.57. The summed E-state index contributed by atoms with van der Waals surface area (Å²) in [7, 11) is 0. The fraction of sp³-hybridized carbons (Fsp3) is 0.400. The predicted molar refractivity (Wildman–Crippen MR) is 108 cm³/mol. The Morgan fingerprint density at radius 1 is 1.24 bits per heavy atom. The molecule has 0 unspecified atom stereocenters. The third-order valence-corrected chi connectivity index (χ3v) is 6.59. The van der Waals surface area contributed by atoms with E-state index >= 15 is 0 Å². The quantitative estimate of drug-likeness (QED) is 0.397. The van der Waals surface area contributed by atoms with Gasteiger partial charge in [0.15, 0.2) is 6.61 Å². The third-order valence-electron chi connectivity index (χ3n) is 5.78. The minimum Gasteiger partial charge on any atom is -0.454 e. The first-order chi connectivity index (χ1) is 13.8. The molecule has 1 saturated carbocycles. The Kier molecular flexibility index (Phi) is 5.25. The van der Waals surface area contributed by atoms with Crippen molar-refractivity contribution in [3.05, 3.63) is 39.8 Å². The maximum Gasteiger partial charge on any atom is 0.329 e. The van der Waals surface area contributed by atoms with Crippen molar-refractivity contribution in [1.29, 1.82) is 0 Å². The highest BCUT2D eigenvalue weighted by Crippen LogP contribution is 2.52. The number of nitrogens with zero attached hydrogens (tertiary/aromatic N) is 1. The van der Waals surface area contributed by atoms with Crippen molar-refractivity contribution in [3.8, 4) is 0 Å². The molecule has 0 spiro atoms. The smallest absolute Gasteiger partial charge is 0.329 e. The summed E-state index contributed by atoms with van der Waals surface area (Å²) in [6, 6.07) is 3.86. The van der Waals surface area contributed by atoms with Crippen LogP contribution in [-0.4, -0.2) is 41.2 Å². The summed E-state index contributed by atoms with van der Waals surface area (Å²) in [5.41, 5.74) is 0.379. The number of esters is 1. The highest BCUT2D eigenvalue weighted by molar-refractivity contribution is 9.10. The van der Waals surface area contributed by atoms with E-state index in [9.17, 15) is 19.2 Å². The number of hydrogen-bond donors (Lipinski definition) is 1. The van der Waals surface area contributed by atoms with Crippen LogP contribution in [0.15, 0.2) is 34.8 Å². The Labute approximate surface area is 180 Å². The van der Waals surface area contributed by atoms with Gasteiger partial charge in [0.2, 0.25) is 11.8 Å². The number of carbonyl (C=O) groups is 4. The number of hydrogen-bond acceptors (Lipinski definition) is 5. The molecule has 1 aliphatic heterocycles. The first-order valence-corrected chi connectivity index (χ1v) is 10.4. The van der Waals surface area contributed by atoms with Gasteiger partial charge in [-0.05, 0) is 43.4 Å². The second-order valence-corrected chi connectivity index (χ2v) is 8.83. The molecule has 0 radical (unpaired) electrons. The molecule has 1 saturated heterocycles. The topological polar surface area (TPSA) is 92.8 Å². The SMILES string of the molecule is C[C@H](C(=O)OCC(=O)Nc1ccc(Br)cc1Cl)N1C(=O)[C@@H]2[C@H](C1=O)[C@H]1C=C[C@H]2C1. The van der Waals surface area contributed by atoms with Crippen LogP contribution >= 0.6 is 27.5 Å². The van der Waals surface area contributed by atoms with Gasteiger partial charge in [0.1, 0.15) is 6.04 Å². The minimum atomic E-state index is -1.08. The van der Waals surface area contributed by atoms with E-state index in [4.69, 9.17) is 16.3 Å². The van der Waals surface area contributed by atoms with E-state index in [-0.39, 0.29) is 35.5 Å². The zero-order chi connectivity index (χ0) is 20.9. The van der Waals surface area contributed by atoms with Crippen molar-refractivity contribution >= 4 is 56.9 Å². The number of rotatable bonds is 5. The Morgan fingerprint density at radius 3 is 2.45 bits per heavy atom. The molecule has 1 heterocycles. The van der Waals surface area contributed by atoms with Gasteiger partial charge >= 0.3 is 5.97 Å². The average Bonchev–Trinajstić information content (AvgIpc) is 3.35. The summed E-state index contributed by atoms with van der Waals surface area (Å²) >= 11 is 9.31. The van der Waals surface area contributed by atoms with Crippen LogP contribution in [0.1, 0.15) is 13.3 Å². The molecule has 2 aliphatic carbocycles. The second-order valence-electron chi connectivity index (χ2n) is 7.50. The van der Waals surface area contributed by atoms with Crippen molar-refractivity contribution in [2.45, 2.75) is 19.4 Å². The van der Waals surface area contributed by atoms with E-state index < -0.39 is 24.5 Å². The number of imide groups is 1. The molecule has 2 fully saturated rings. The fourth-order valence-corrected chi connectivity index (χ4v) is 5.17. The molecular weight excluding hydrogens is 464 g/mol. The maximum atomic E-state index is 12.7. The first-order valence-electron chi connectivity index (χ1n) is 9.24. The number of carbonyl (C=O) groups excluding carboxylic acids is 4. The molecule has 3 amide bonds. The Balaban J connectivity index is 1.35. The molecule has 0 aromatic heterocycles. The average molecular weight is 482 g/mol. The maximum absolute atomic E-state index is 12.7. The number of amides is 3. The molecule has 152 valence electrons. The lowest BCUT2D eigenvalue weighted by atomic mass is 9.85. The lowest BCUT2D eigenvalue weighted by molar-refractivity contribution is -0.159. The molecule has 5 atom stereocenters. The van der Waals surface area contributed by atoms with Crippen LogP contribution in [0.2, 0.25) is 5.02 Å². The van der Waals surface area contributed by atoms with Crippen molar-refractivity contribution in [3.63, 3.8) is 0 Å². The van der Waals surface area contributed by atoms with Crippen molar-refractivity contribution in [2.75, 3.05) is 11.9 Å². The van der Waals surface area contributed by atoms with Gasteiger partial charge in [0.25, 0.3) is 5.91 Å². The summed E-state index contributed by atoms with van der Waals surface area (Å²) in [5.74, 6) is -2.66. The van der Waals surface area contributed by atoms with E-state index in [2.05, 4.69) is 21.2 Å². The summed E-state index contributed by atoms with van der Waals surface area (Å²) in [4.78, 5) is 51.0. The van der Waals surface area contributed by atoms with Gasteiger partial charge in [0, 0.05) is 4.47 Å². The molecule has 29 heavy (non-hydrogen) atoms. The molecule has 9 heteroatoms. The standard InChI is InChI=1S/C20H18BrClN2O5/c1-9(24-18(26)16-10-2-3-11(6-10)17(16)19(24)27)20(28)29-8-15(25)23-14-5-4-12(21)7-13(14)22/h2-5,7,9-11,16-17H,6,8H2,1H3,(H,23,25)/t9-,10+,11+,16-,17+/m1/s1. The van der Waals surface area contributed by atoms with Gasteiger partial charge in [-0.3, -0.25) is 19.3 Å². The molecule has 1 aromatic carbocycles. The van der Waals surface area contributed by atoms with Gasteiger partial charge in [-0.25, -0.2) is 4.79 Å². The monoisotopic (exact) mass is 480 g/mol. The molecule has 1 N–H and O–H groups in total. The van der Waals surface area contributed by atoms with Crippen LogP contribution in [0, 0.1) is 23.7 Å². The summed E-state index contributed by atoms with van der Waals surface area (Å²) in [6.45, 7) is 0.892. The molecule has 3 aliphatic rings. The zero-order valence-electron chi connectivity index (χ0n) is 15.4. The summed E-state index contributed by atoms with van der Waals surface area (Å²) < 4.78 is 5.80. The molecule has 4 rings (SSSR count). The van der Waals surface area contributed by atoms with Gasteiger partial charge in [-0.2, -0.15) is 0 Å². The number of anilines is 1. The van der Waals surface area contributed by atoms with Crippen LogP contribution in [0.25, 0.3) is 0 Å². The Hall–Kier alpha value is -2.19. The number of ether oxygens (including phenoxy) is 1. The van der Waals surface area contributed by atoms with E-state index in [0.717, 1.165) is 15.8 Å². The highest BCUT2D eigenvalue weighted by Gasteiger charge is 2.60. The number of halogens is 2. The van der Waals surface area contributed by atoms with Crippen molar-refractivity contribution < 1.29 is 23.9 Å². The van der Waals surface area contributed by atoms with Crippen molar-refractivity contribution in [1.82, 2.24) is 4.90 Å². The largest absolute Gasteiger partial charge is 0.454 e. The van der Waals surface area contributed by atoms with Crippen LogP contribution in [0.4, 0.5) is 5.69 Å². The third kappa shape index (κ3) is 3.48. The van der Waals surface area contributed by atoms with Crippen LogP contribution < -0.4 is 5.32 Å². The molecule has 1 aromatic rings. The highest BCUT2D eigenvalue weighted by atomic mass is 79.9. The zero-order valence-corrected chi connectivity index (χ0v) is 17.8. The van der Waals surface area contributed by atoms with Crippen molar-refractivity contribution in [2.24, 2.45) is 23.7 Å². The van der Waals surface area contributed by atoms with Gasteiger partial charge in [-0.15, -0.1) is 0 Å². The van der Waals surface area contributed by atoms with Gasteiger partial charge in [-0.1, -0.05) is 39.7 Å².